The third kappa shape index (κ3) is 3.44. The van der Waals surface area contributed by atoms with Crippen molar-refractivity contribution in [2.45, 2.75) is 38.6 Å². The van der Waals surface area contributed by atoms with Gasteiger partial charge in [0.05, 0.1) is 5.56 Å². The molecule has 1 aliphatic rings. The molecular weight excluding hydrogens is 244 g/mol. The number of carboxylic acids is 1. The van der Waals surface area contributed by atoms with Crippen LogP contribution >= 0.6 is 0 Å². The summed E-state index contributed by atoms with van der Waals surface area (Å²) >= 11 is 0. The maximum Gasteiger partial charge on any atom is 0.335 e. The molecule has 0 bridgehead atoms. The fourth-order valence-electron chi connectivity index (χ4n) is 2.67. The van der Waals surface area contributed by atoms with Gasteiger partial charge in [-0.1, -0.05) is 12.8 Å². The Kier molecular flexibility index (Phi) is 4.37. The van der Waals surface area contributed by atoms with Crippen molar-refractivity contribution in [2.75, 3.05) is 11.9 Å². The average molecular weight is 264 g/mol. The first kappa shape index (κ1) is 13.8. The van der Waals surface area contributed by atoms with Gasteiger partial charge in [-0.2, -0.15) is 0 Å². The van der Waals surface area contributed by atoms with Gasteiger partial charge in [-0.05, 0) is 31.9 Å². The molecule has 2 rings (SSSR count). The zero-order valence-electron chi connectivity index (χ0n) is 11.1. The standard InChI is InChI=1S/C14H20N2O3/c1-9-6-11(14(18)19)7-13(15-9)16-12-5-3-2-4-10(12)8-17/h6-7,10,12,17H,2-5,8H2,1H3,(H,15,16)(H,18,19). The second-order valence-corrected chi connectivity index (χ2v) is 5.17. The summed E-state index contributed by atoms with van der Waals surface area (Å²) in [5.74, 6) is -0.136. The van der Waals surface area contributed by atoms with E-state index in [4.69, 9.17) is 5.11 Å². The van der Waals surface area contributed by atoms with Crippen LogP contribution in [-0.2, 0) is 0 Å². The van der Waals surface area contributed by atoms with Crippen molar-refractivity contribution in [3.05, 3.63) is 23.4 Å². The smallest absolute Gasteiger partial charge is 0.335 e. The van der Waals surface area contributed by atoms with Crippen molar-refractivity contribution in [3.8, 4) is 0 Å². The van der Waals surface area contributed by atoms with Crippen molar-refractivity contribution in [1.29, 1.82) is 0 Å². The number of aliphatic hydroxyl groups excluding tert-OH is 1. The van der Waals surface area contributed by atoms with Crippen molar-refractivity contribution in [1.82, 2.24) is 4.98 Å². The maximum absolute atomic E-state index is 11.0. The van der Waals surface area contributed by atoms with Crippen LogP contribution in [0.4, 0.5) is 5.82 Å². The average Bonchev–Trinajstić information content (AvgIpc) is 2.38. The van der Waals surface area contributed by atoms with Gasteiger partial charge in [-0.3, -0.25) is 0 Å². The highest BCUT2D eigenvalue weighted by atomic mass is 16.4. The van der Waals surface area contributed by atoms with E-state index in [1.807, 2.05) is 0 Å². The molecule has 1 saturated carbocycles. The number of rotatable bonds is 4. The minimum absolute atomic E-state index is 0.162. The lowest BCUT2D eigenvalue weighted by molar-refractivity contribution is 0.0696. The number of aliphatic hydroxyl groups is 1. The molecule has 1 aromatic heterocycles. The van der Waals surface area contributed by atoms with Gasteiger partial charge in [0.25, 0.3) is 0 Å². The van der Waals surface area contributed by atoms with Crippen LogP contribution in [0.3, 0.4) is 0 Å². The number of hydrogen-bond donors (Lipinski definition) is 3. The van der Waals surface area contributed by atoms with E-state index in [2.05, 4.69) is 10.3 Å². The molecule has 1 fully saturated rings. The summed E-state index contributed by atoms with van der Waals surface area (Å²) < 4.78 is 0. The van der Waals surface area contributed by atoms with Crippen LogP contribution in [0, 0.1) is 12.8 Å². The van der Waals surface area contributed by atoms with Gasteiger partial charge in [0, 0.05) is 24.3 Å². The Bertz CT molecular complexity index is 462. The molecule has 104 valence electrons. The van der Waals surface area contributed by atoms with E-state index in [0.29, 0.717) is 11.5 Å². The molecule has 0 radical (unpaired) electrons. The van der Waals surface area contributed by atoms with Crippen molar-refractivity contribution in [3.63, 3.8) is 0 Å². The van der Waals surface area contributed by atoms with Gasteiger partial charge < -0.3 is 15.5 Å². The third-order valence-corrected chi connectivity index (χ3v) is 3.68. The largest absolute Gasteiger partial charge is 0.478 e. The van der Waals surface area contributed by atoms with Crippen LogP contribution in [0.1, 0.15) is 41.7 Å². The van der Waals surface area contributed by atoms with Crippen LogP contribution in [0.2, 0.25) is 0 Å². The van der Waals surface area contributed by atoms with E-state index >= 15 is 0 Å². The number of hydrogen-bond acceptors (Lipinski definition) is 4. The predicted molar refractivity (Wildman–Crippen MR) is 72.4 cm³/mol. The molecule has 1 aliphatic carbocycles. The summed E-state index contributed by atoms with van der Waals surface area (Å²) in [6.45, 7) is 1.94. The summed E-state index contributed by atoms with van der Waals surface area (Å²) in [5.41, 5.74) is 0.921. The van der Waals surface area contributed by atoms with Gasteiger partial charge in [0.2, 0.25) is 0 Å². The summed E-state index contributed by atoms with van der Waals surface area (Å²) in [4.78, 5) is 15.3. The SMILES string of the molecule is Cc1cc(C(=O)O)cc(NC2CCCCC2CO)n1. The molecule has 5 heteroatoms. The number of aryl methyl sites for hydroxylation is 1. The fourth-order valence-corrected chi connectivity index (χ4v) is 2.67. The molecule has 3 N–H and O–H groups in total. The first-order valence-corrected chi connectivity index (χ1v) is 6.69. The molecule has 0 saturated heterocycles. The van der Waals surface area contributed by atoms with Crippen LogP contribution < -0.4 is 5.32 Å². The van der Waals surface area contributed by atoms with Gasteiger partial charge in [0.15, 0.2) is 0 Å². The Labute approximate surface area is 112 Å². The number of nitrogens with one attached hydrogen (secondary N) is 1. The van der Waals surface area contributed by atoms with Crippen LogP contribution in [0.25, 0.3) is 0 Å². The van der Waals surface area contributed by atoms with Crippen LogP contribution in [0.5, 0.6) is 0 Å². The van der Waals surface area contributed by atoms with E-state index in [1.165, 1.54) is 0 Å². The molecule has 1 aromatic rings. The van der Waals surface area contributed by atoms with Crippen molar-refractivity contribution in [2.24, 2.45) is 5.92 Å². The maximum atomic E-state index is 11.0. The second-order valence-electron chi connectivity index (χ2n) is 5.17. The van der Waals surface area contributed by atoms with E-state index in [9.17, 15) is 9.90 Å². The molecule has 0 amide bonds. The van der Waals surface area contributed by atoms with E-state index in [0.717, 1.165) is 25.7 Å². The number of pyridine rings is 1. The lowest BCUT2D eigenvalue weighted by Crippen LogP contribution is -2.34. The van der Waals surface area contributed by atoms with Crippen LogP contribution in [0.15, 0.2) is 12.1 Å². The Balaban J connectivity index is 2.15. The Morgan fingerprint density at radius 3 is 2.84 bits per heavy atom. The van der Waals surface area contributed by atoms with Crippen molar-refractivity contribution < 1.29 is 15.0 Å². The lowest BCUT2D eigenvalue weighted by Gasteiger charge is -2.31. The van der Waals surface area contributed by atoms with Crippen LogP contribution in [-0.4, -0.2) is 33.8 Å². The van der Waals surface area contributed by atoms with Gasteiger partial charge >= 0.3 is 5.97 Å². The fraction of sp³-hybridized carbons (Fsp3) is 0.571. The summed E-state index contributed by atoms with van der Waals surface area (Å²) in [6.07, 6.45) is 4.27. The number of aromatic carboxylic acids is 1. The normalized spacial score (nSPS) is 23.1. The molecule has 2 unspecified atom stereocenters. The zero-order valence-corrected chi connectivity index (χ0v) is 11.1. The first-order valence-electron chi connectivity index (χ1n) is 6.69. The molecule has 19 heavy (non-hydrogen) atoms. The number of anilines is 1. The summed E-state index contributed by atoms with van der Waals surface area (Å²) in [6, 6.07) is 3.28. The Morgan fingerprint density at radius 2 is 2.16 bits per heavy atom. The number of carboxylic acid groups (broad SMARTS) is 1. The van der Waals surface area contributed by atoms with Gasteiger partial charge in [-0.15, -0.1) is 0 Å². The zero-order chi connectivity index (χ0) is 13.8. The Morgan fingerprint density at radius 1 is 1.42 bits per heavy atom. The highest BCUT2D eigenvalue weighted by Gasteiger charge is 2.24. The molecule has 2 atom stereocenters. The summed E-state index contributed by atoms with van der Waals surface area (Å²) in [7, 11) is 0. The topological polar surface area (TPSA) is 82.5 Å². The van der Waals surface area contributed by atoms with Gasteiger partial charge in [0.1, 0.15) is 5.82 Å². The highest BCUT2D eigenvalue weighted by Crippen LogP contribution is 2.26. The number of carbonyl (C=O) groups is 1. The van der Waals surface area contributed by atoms with E-state index in [-0.39, 0.29) is 24.1 Å². The third-order valence-electron chi connectivity index (χ3n) is 3.68. The minimum Gasteiger partial charge on any atom is -0.478 e. The molecule has 1 heterocycles. The molecule has 0 aliphatic heterocycles. The summed E-state index contributed by atoms with van der Waals surface area (Å²) in [5, 5.41) is 21.7. The predicted octanol–water partition coefficient (Wildman–Crippen LogP) is 2.05. The quantitative estimate of drug-likeness (QED) is 0.775. The molecular formula is C14H20N2O3. The minimum atomic E-state index is -0.948. The number of aromatic nitrogens is 1. The number of nitrogens with zero attached hydrogens (tertiary/aromatic N) is 1. The monoisotopic (exact) mass is 264 g/mol. The highest BCUT2D eigenvalue weighted by molar-refractivity contribution is 5.88. The molecule has 0 spiro atoms. The Hall–Kier alpha value is -1.62. The van der Waals surface area contributed by atoms with E-state index in [1.54, 1.807) is 19.1 Å². The first-order chi connectivity index (χ1) is 9.10. The molecule has 5 nitrogen and oxygen atoms in total. The van der Waals surface area contributed by atoms with Crippen molar-refractivity contribution >= 4 is 11.8 Å². The second kappa shape index (κ2) is 6.02. The molecule has 0 aromatic carbocycles. The lowest BCUT2D eigenvalue weighted by atomic mass is 9.85. The van der Waals surface area contributed by atoms with Gasteiger partial charge in [-0.25, -0.2) is 9.78 Å². The van der Waals surface area contributed by atoms with E-state index < -0.39 is 5.97 Å².